The molecule has 0 bridgehead atoms. The van der Waals surface area contributed by atoms with E-state index in [4.69, 9.17) is 21.3 Å². The number of methoxy groups -OCH3 is 1. The largest absolute Gasteiger partial charge is 0.497 e. The zero-order valence-corrected chi connectivity index (χ0v) is 21.8. The van der Waals surface area contributed by atoms with Gasteiger partial charge in [-0.2, -0.15) is 0 Å². The van der Waals surface area contributed by atoms with Crippen LogP contribution in [0.25, 0.3) is 0 Å². The van der Waals surface area contributed by atoms with E-state index >= 15 is 0 Å². The van der Waals surface area contributed by atoms with Gasteiger partial charge in [0.2, 0.25) is 0 Å². The number of likely N-dealkylation sites (N-methyl/N-ethyl adjacent to an activating group) is 1. The fraction of sp³-hybridized carbons (Fsp3) is 0.667. The first kappa shape index (κ1) is 26.1. The van der Waals surface area contributed by atoms with Crippen LogP contribution in [0.15, 0.2) is 35.8 Å². The summed E-state index contributed by atoms with van der Waals surface area (Å²) in [5.74, 6) is 2.57. The molecule has 186 valence electrons. The number of hydrogen-bond donors (Lipinski definition) is 1. The molecule has 1 N–H and O–H groups in total. The second-order valence-electron chi connectivity index (χ2n) is 8.66. The molecule has 0 saturated carbocycles. The van der Waals surface area contributed by atoms with Gasteiger partial charge in [0.1, 0.15) is 17.7 Å². The van der Waals surface area contributed by atoms with E-state index in [9.17, 15) is 5.21 Å². The molecule has 1 atom stereocenters. The molecule has 2 aliphatic rings. The van der Waals surface area contributed by atoms with E-state index in [-0.39, 0.29) is 6.17 Å². The highest BCUT2D eigenvalue weighted by atomic mass is 35.5. The van der Waals surface area contributed by atoms with Gasteiger partial charge in [0.05, 0.1) is 26.0 Å². The molecule has 33 heavy (non-hydrogen) atoms. The van der Waals surface area contributed by atoms with Crippen LogP contribution in [0.5, 0.6) is 11.5 Å². The predicted octanol–water partition coefficient (Wildman–Crippen LogP) is 6.07. The monoisotopic (exact) mass is 498 g/mol. The third-order valence-corrected chi connectivity index (χ3v) is 7.41. The Balaban J connectivity index is 1.39. The summed E-state index contributed by atoms with van der Waals surface area (Å²) in [4.78, 5) is 0. The summed E-state index contributed by atoms with van der Waals surface area (Å²) in [7, 11) is 3.73. The lowest BCUT2D eigenvalue weighted by Gasteiger charge is -2.35. The number of unbranched alkanes of at least 4 members (excludes halogenated alkanes) is 6. The zero-order valence-electron chi connectivity index (χ0n) is 20.2. The van der Waals surface area contributed by atoms with E-state index in [0.29, 0.717) is 6.61 Å². The van der Waals surface area contributed by atoms with Crippen LogP contribution in [-0.2, 0) is 0 Å². The van der Waals surface area contributed by atoms with Gasteiger partial charge in [0.25, 0.3) is 0 Å². The van der Waals surface area contributed by atoms with Crippen LogP contribution >= 0.6 is 23.9 Å². The molecule has 9 heteroatoms. The van der Waals surface area contributed by atoms with E-state index in [1.807, 2.05) is 24.3 Å². The summed E-state index contributed by atoms with van der Waals surface area (Å²) in [5, 5.41) is 12.3. The highest BCUT2D eigenvalue weighted by Crippen LogP contribution is 2.41. The van der Waals surface area contributed by atoms with Crippen LogP contribution in [0.4, 0.5) is 0 Å². The third-order valence-electron chi connectivity index (χ3n) is 6.02. The number of benzene rings is 1. The van der Waals surface area contributed by atoms with E-state index in [1.165, 1.54) is 24.3 Å². The van der Waals surface area contributed by atoms with E-state index < -0.39 is 0 Å². The van der Waals surface area contributed by atoms with Gasteiger partial charge in [-0.1, -0.05) is 39.0 Å². The summed E-state index contributed by atoms with van der Waals surface area (Å²) in [5.41, 5.74) is 0.994. The molecule has 1 unspecified atom stereocenters. The van der Waals surface area contributed by atoms with Gasteiger partial charge >= 0.3 is 0 Å². The first-order chi connectivity index (χ1) is 16.0. The molecule has 0 fully saturated rings. The molecule has 7 nitrogen and oxygen atoms in total. The number of rotatable bonds is 14. The lowest BCUT2D eigenvalue weighted by atomic mass is 10.1. The highest BCUT2D eigenvalue weighted by molar-refractivity contribution is 7.94. The summed E-state index contributed by atoms with van der Waals surface area (Å²) in [6, 6.07) is 7.70. The summed E-state index contributed by atoms with van der Waals surface area (Å²) >= 11 is 8.32. The maximum absolute atomic E-state index is 10.9. The van der Waals surface area contributed by atoms with Crippen LogP contribution in [0, 0.1) is 0 Å². The third kappa shape index (κ3) is 7.25. The Kier molecular flexibility index (Phi) is 10.6. The van der Waals surface area contributed by atoms with Crippen LogP contribution < -0.4 is 9.47 Å². The van der Waals surface area contributed by atoms with Crippen LogP contribution in [0.3, 0.4) is 0 Å². The molecule has 0 aliphatic carbocycles. The minimum atomic E-state index is -0.182. The second-order valence-corrected chi connectivity index (χ2v) is 10.3. The summed E-state index contributed by atoms with van der Waals surface area (Å²) < 4.78 is 17.1. The normalized spacial score (nSPS) is 18.8. The van der Waals surface area contributed by atoms with Crippen molar-refractivity contribution in [3.63, 3.8) is 0 Å². The maximum atomic E-state index is 10.9. The Morgan fingerprint density at radius 1 is 1.03 bits per heavy atom. The number of hydroxylamine groups is 2. The molecular formula is C24H39ClN4O3S. The van der Waals surface area contributed by atoms with Crippen molar-refractivity contribution in [2.24, 2.45) is 0 Å². The molecule has 1 aromatic carbocycles. The molecule has 0 saturated heterocycles. The quantitative estimate of drug-likeness (QED) is 0.188. The van der Waals surface area contributed by atoms with Gasteiger partial charge < -0.3 is 9.47 Å². The molecule has 0 aromatic heterocycles. The molecule has 2 aliphatic heterocycles. The standard InChI is InChI=1S/C24H39ClN4O3S/c1-4-5-6-9-12-23-28(25)22-19-26(2)33-27(24(22)29(23)30)17-10-7-8-11-18-32-21-15-13-20(31-3)14-16-21/h13-16,23,30H,4-12,17-19H2,1-3H3. The van der Waals surface area contributed by atoms with Crippen molar-refractivity contribution in [3.05, 3.63) is 35.8 Å². The summed E-state index contributed by atoms with van der Waals surface area (Å²) in [6.45, 7) is 4.53. The van der Waals surface area contributed by atoms with Gasteiger partial charge in [0.15, 0.2) is 5.82 Å². The lowest BCUT2D eigenvalue weighted by Crippen LogP contribution is -2.37. The summed E-state index contributed by atoms with van der Waals surface area (Å²) in [6.07, 6.45) is 9.66. The number of hydrogen-bond acceptors (Lipinski definition) is 8. The average Bonchev–Trinajstić information content (AvgIpc) is 3.05. The fourth-order valence-corrected chi connectivity index (χ4v) is 5.50. The van der Waals surface area contributed by atoms with Gasteiger partial charge in [-0.15, -0.1) is 0 Å². The van der Waals surface area contributed by atoms with Gasteiger partial charge in [-0.05, 0) is 57.0 Å². The number of ether oxygens (including phenoxy) is 2. The molecule has 1 aromatic rings. The Labute approximate surface area is 208 Å². The molecule has 0 amide bonds. The molecule has 2 heterocycles. The van der Waals surface area contributed by atoms with Crippen molar-refractivity contribution < 1.29 is 14.7 Å². The lowest BCUT2D eigenvalue weighted by molar-refractivity contribution is -0.116. The zero-order chi connectivity index (χ0) is 23.6. The van der Waals surface area contributed by atoms with E-state index in [1.54, 1.807) is 23.7 Å². The van der Waals surface area contributed by atoms with Gasteiger partial charge in [0, 0.05) is 30.5 Å². The van der Waals surface area contributed by atoms with Crippen LogP contribution in [0.2, 0.25) is 0 Å². The van der Waals surface area contributed by atoms with Crippen molar-refractivity contribution in [1.82, 2.24) is 18.1 Å². The first-order valence-corrected chi connectivity index (χ1v) is 13.2. The Morgan fingerprint density at radius 2 is 1.73 bits per heavy atom. The molecule has 0 radical (unpaired) electrons. The SMILES string of the molecule is CCCCCCC1N(O)C2=C(CN(C)SN2CCCCCCOc2ccc(OC)cc2)N1Cl. The second kappa shape index (κ2) is 13.4. The van der Waals surface area contributed by atoms with E-state index in [2.05, 4.69) is 22.6 Å². The van der Waals surface area contributed by atoms with Gasteiger partial charge in [-0.3, -0.25) is 13.9 Å². The van der Waals surface area contributed by atoms with Crippen molar-refractivity contribution in [2.45, 2.75) is 70.9 Å². The van der Waals surface area contributed by atoms with Crippen LogP contribution in [0.1, 0.15) is 64.7 Å². The van der Waals surface area contributed by atoms with Crippen LogP contribution in [-0.4, -0.2) is 63.3 Å². The highest BCUT2D eigenvalue weighted by Gasteiger charge is 2.42. The Bertz CT molecular complexity index is 752. The molecule has 0 spiro atoms. The fourth-order valence-electron chi connectivity index (χ4n) is 4.20. The number of halogens is 1. The Hall–Kier alpha value is -1.48. The predicted molar refractivity (Wildman–Crippen MR) is 135 cm³/mol. The van der Waals surface area contributed by atoms with Crippen molar-refractivity contribution >= 4 is 23.9 Å². The topological polar surface area (TPSA) is 51.7 Å². The smallest absolute Gasteiger partial charge is 0.164 e. The number of nitrogens with zero attached hydrogens (tertiary/aromatic N) is 4. The Morgan fingerprint density at radius 3 is 2.45 bits per heavy atom. The maximum Gasteiger partial charge on any atom is 0.164 e. The average molecular weight is 499 g/mol. The molecular weight excluding hydrogens is 460 g/mol. The minimum absolute atomic E-state index is 0.182. The van der Waals surface area contributed by atoms with Crippen molar-refractivity contribution in [2.75, 3.05) is 33.9 Å². The van der Waals surface area contributed by atoms with Crippen molar-refractivity contribution in [3.8, 4) is 11.5 Å². The van der Waals surface area contributed by atoms with E-state index in [0.717, 1.165) is 74.6 Å². The van der Waals surface area contributed by atoms with Gasteiger partial charge in [-0.25, -0.2) is 9.37 Å². The molecule has 3 rings (SSSR count). The first-order valence-electron chi connectivity index (χ1n) is 12.1. The minimum Gasteiger partial charge on any atom is -0.497 e. The van der Waals surface area contributed by atoms with Crippen molar-refractivity contribution in [1.29, 1.82) is 0 Å².